The second kappa shape index (κ2) is 9.03. The van der Waals surface area contributed by atoms with E-state index in [4.69, 9.17) is 4.74 Å². The minimum absolute atomic E-state index is 0.0253. The highest BCUT2D eigenvalue weighted by Gasteiger charge is 2.23. The van der Waals surface area contributed by atoms with Crippen LogP contribution in [0.25, 0.3) is 0 Å². The molecule has 1 heterocycles. The first kappa shape index (κ1) is 18.0. The Balaban J connectivity index is 2.25. The third-order valence-electron chi connectivity index (χ3n) is 4.01. The first-order chi connectivity index (χ1) is 9.90. The monoisotopic (exact) mass is 298 g/mol. The summed E-state index contributed by atoms with van der Waals surface area (Å²) in [6.45, 7) is 10.00. The van der Waals surface area contributed by atoms with Gasteiger partial charge in [0.2, 0.25) is 5.91 Å². The molecule has 1 aliphatic heterocycles. The molecule has 21 heavy (non-hydrogen) atoms. The molecule has 1 aliphatic rings. The molecule has 1 saturated heterocycles. The number of amides is 1. The Labute approximate surface area is 128 Å². The van der Waals surface area contributed by atoms with Crippen molar-refractivity contribution in [1.29, 1.82) is 0 Å². The van der Waals surface area contributed by atoms with Crippen LogP contribution in [0.3, 0.4) is 0 Å². The van der Waals surface area contributed by atoms with Gasteiger partial charge in [-0.1, -0.05) is 13.8 Å². The van der Waals surface area contributed by atoms with Crippen molar-refractivity contribution < 1.29 is 14.3 Å². The smallest absolute Gasteiger partial charge is 0.310 e. The Morgan fingerprint density at radius 3 is 2.57 bits per heavy atom. The van der Waals surface area contributed by atoms with Gasteiger partial charge in [0.15, 0.2) is 0 Å². The number of rotatable bonds is 7. The van der Waals surface area contributed by atoms with E-state index in [1.807, 2.05) is 13.8 Å². The summed E-state index contributed by atoms with van der Waals surface area (Å²) in [5, 5.41) is 6.23. The molecule has 0 spiro atoms. The highest BCUT2D eigenvalue weighted by molar-refractivity contribution is 5.78. The normalized spacial score (nSPS) is 21.7. The molecule has 0 aliphatic carbocycles. The van der Waals surface area contributed by atoms with E-state index in [2.05, 4.69) is 17.6 Å². The summed E-state index contributed by atoms with van der Waals surface area (Å²) in [4.78, 5) is 23.6. The van der Waals surface area contributed by atoms with Crippen molar-refractivity contribution in [2.45, 2.75) is 53.1 Å². The Bertz CT molecular complexity index is 338. The molecule has 0 aromatic rings. The lowest BCUT2D eigenvalue weighted by molar-refractivity contribution is -0.151. The predicted octanol–water partition coefficient (Wildman–Crippen LogP) is 1.72. The molecule has 0 saturated carbocycles. The summed E-state index contributed by atoms with van der Waals surface area (Å²) in [6, 6.07) is 0. The third kappa shape index (κ3) is 6.93. The molecule has 5 heteroatoms. The van der Waals surface area contributed by atoms with Crippen LogP contribution in [0.5, 0.6) is 0 Å². The molecular weight excluding hydrogens is 268 g/mol. The minimum Gasteiger partial charge on any atom is -0.463 e. The second-order valence-electron chi connectivity index (χ2n) is 6.48. The predicted molar refractivity (Wildman–Crippen MR) is 82.8 cm³/mol. The highest BCUT2D eigenvalue weighted by atomic mass is 16.5. The zero-order valence-corrected chi connectivity index (χ0v) is 13.8. The van der Waals surface area contributed by atoms with E-state index in [-0.39, 0.29) is 23.9 Å². The largest absolute Gasteiger partial charge is 0.463 e. The zero-order chi connectivity index (χ0) is 15.8. The van der Waals surface area contributed by atoms with Gasteiger partial charge in [0, 0.05) is 13.0 Å². The Morgan fingerprint density at radius 2 is 2.00 bits per heavy atom. The molecule has 1 fully saturated rings. The van der Waals surface area contributed by atoms with Crippen molar-refractivity contribution in [1.82, 2.24) is 10.6 Å². The van der Waals surface area contributed by atoms with Crippen molar-refractivity contribution in [2.75, 3.05) is 19.6 Å². The summed E-state index contributed by atoms with van der Waals surface area (Å²) in [5.74, 6) is 0.415. The lowest BCUT2D eigenvalue weighted by atomic mass is 9.85. The highest BCUT2D eigenvalue weighted by Crippen LogP contribution is 2.22. The van der Waals surface area contributed by atoms with Gasteiger partial charge in [-0.15, -0.1) is 0 Å². The number of hydrogen-bond donors (Lipinski definition) is 2. The van der Waals surface area contributed by atoms with E-state index in [1.54, 1.807) is 6.92 Å². The summed E-state index contributed by atoms with van der Waals surface area (Å²) >= 11 is 0. The maximum atomic E-state index is 12.0. The van der Waals surface area contributed by atoms with Crippen molar-refractivity contribution >= 4 is 11.9 Å². The number of esters is 1. The molecule has 0 radical (unpaired) electrons. The van der Waals surface area contributed by atoms with Gasteiger partial charge in [0.1, 0.15) is 0 Å². The quantitative estimate of drug-likeness (QED) is 0.702. The van der Waals surface area contributed by atoms with Crippen LogP contribution in [0.4, 0.5) is 0 Å². The Morgan fingerprint density at radius 1 is 1.29 bits per heavy atom. The van der Waals surface area contributed by atoms with Gasteiger partial charge in [-0.2, -0.15) is 0 Å². The lowest BCUT2D eigenvalue weighted by Crippen LogP contribution is -2.37. The van der Waals surface area contributed by atoms with Gasteiger partial charge in [0.05, 0.1) is 12.0 Å². The molecule has 0 aromatic carbocycles. The van der Waals surface area contributed by atoms with Crippen LogP contribution in [0, 0.1) is 17.8 Å². The van der Waals surface area contributed by atoms with Gasteiger partial charge in [-0.25, -0.2) is 0 Å². The van der Waals surface area contributed by atoms with Crippen LogP contribution in [0.2, 0.25) is 0 Å². The van der Waals surface area contributed by atoms with Gasteiger partial charge < -0.3 is 15.4 Å². The summed E-state index contributed by atoms with van der Waals surface area (Å²) in [5.41, 5.74) is 0. The van der Waals surface area contributed by atoms with E-state index < -0.39 is 0 Å². The summed E-state index contributed by atoms with van der Waals surface area (Å²) in [7, 11) is 0. The Kier molecular flexibility index (Phi) is 7.72. The fraction of sp³-hybridized carbons (Fsp3) is 0.875. The van der Waals surface area contributed by atoms with Crippen molar-refractivity contribution in [3.8, 4) is 0 Å². The number of ether oxygens (including phenoxy) is 1. The fourth-order valence-electron chi connectivity index (χ4n) is 2.59. The first-order valence-electron chi connectivity index (χ1n) is 8.08. The fourth-order valence-corrected chi connectivity index (χ4v) is 2.59. The van der Waals surface area contributed by atoms with Gasteiger partial charge >= 0.3 is 5.97 Å². The van der Waals surface area contributed by atoms with Crippen LogP contribution in [0.1, 0.15) is 47.0 Å². The number of nitrogens with one attached hydrogen (secondary N) is 2. The van der Waals surface area contributed by atoms with E-state index in [9.17, 15) is 9.59 Å². The molecule has 1 rings (SSSR count). The average Bonchev–Trinajstić information content (AvgIpc) is 2.44. The summed E-state index contributed by atoms with van der Waals surface area (Å²) in [6.07, 6.45) is 2.79. The SMILES string of the molecule is CC(C)OC(=O)C(C)CNC(=O)CC(C)C1CCCNC1. The molecule has 0 bridgehead atoms. The van der Waals surface area contributed by atoms with E-state index in [1.165, 1.54) is 12.8 Å². The molecule has 122 valence electrons. The van der Waals surface area contributed by atoms with Gasteiger partial charge in [0.25, 0.3) is 0 Å². The van der Waals surface area contributed by atoms with E-state index >= 15 is 0 Å². The molecule has 5 nitrogen and oxygen atoms in total. The molecule has 0 aromatic heterocycles. The molecule has 1 amide bonds. The van der Waals surface area contributed by atoms with E-state index in [0.29, 0.717) is 24.8 Å². The molecule has 2 N–H and O–H groups in total. The maximum absolute atomic E-state index is 12.0. The maximum Gasteiger partial charge on any atom is 0.310 e. The zero-order valence-electron chi connectivity index (χ0n) is 13.8. The van der Waals surface area contributed by atoms with Crippen molar-refractivity contribution in [3.63, 3.8) is 0 Å². The minimum atomic E-state index is -0.303. The summed E-state index contributed by atoms with van der Waals surface area (Å²) < 4.78 is 5.12. The van der Waals surface area contributed by atoms with Crippen molar-refractivity contribution in [3.05, 3.63) is 0 Å². The number of hydrogen-bond acceptors (Lipinski definition) is 4. The third-order valence-corrected chi connectivity index (χ3v) is 4.01. The van der Waals surface area contributed by atoms with Crippen LogP contribution in [-0.4, -0.2) is 37.6 Å². The van der Waals surface area contributed by atoms with Gasteiger partial charge in [-0.05, 0) is 51.6 Å². The van der Waals surface area contributed by atoms with Crippen LogP contribution >= 0.6 is 0 Å². The molecular formula is C16H30N2O3. The van der Waals surface area contributed by atoms with Crippen LogP contribution in [-0.2, 0) is 14.3 Å². The Hall–Kier alpha value is -1.10. The standard InChI is InChI=1S/C16H30N2O3/c1-11(2)21-16(20)13(4)9-18-15(19)8-12(3)14-6-5-7-17-10-14/h11-14,17H,5-10H2,1-4H3,(H,18,19). The van der Waals surface area contributed by atoms with Crippen LogP contribution < -0.4 is 10.6 Å². The molecule has 3 unspecified atom stereocenters. The van der Waals surface area contributed by atoms with Gasteiger partial charge in [-0.3, -0.25) is 9.59 Å². The number of carbonyl (C=O) groups is 2. The lowest BCUT2D eigenvalue weighted by Gasteiger charge is -2.28. The van der Waals surface area contributed by atoms with E-state index in [0.717, 1.165) is 13.1 Å². The second-order valence-corrected chi connectivity index (χ2v) is 6.48. The topological polar surface area (TPSA) is 67.4 Å². The number of piperidine rings is 1. The van der Waals surface area contributed by atoms with Crippen LogP contribution in [0.15, 0.2) is 0 Å². The number of carbonyl (C=O) groups excluding carboxylic acids is 2. The first-order valence-corrected chi connectivity index (χ1v) is 8.08. The van der Waals surface area contributed by atoms with Crippen molar-refractivity contribution in [2.24, 2.45) is 17.8 Å². The average molecular weight is 298 g/mol. The molecule has 3 atom stereocenters.